The maximum absolute atomic E-state index is 11.3. The van der Waals surface area contributed by atoms with E-state index >= 15 is 0 Å². The molecule has 1 aliphatic heterocycles. The molecule has 1 aliphatic rings. The first-order valence-electron chi connectivity index (χ1n) is 9.80. The Hall–Kier alpha value is -3.95. The standard InChI is InChI=1S/C19H20N2O5.C3H5NO2/c1-12-13(2)20(10-14-6-4-3-5-7-14)16-8-15(21(24)25)9-17(19(12)16)26-11-18(22)23;1-2(5)3(4)6/h3-9,12-13H,10-11H2,1-2H3,(H,22,23);1H3,(H2,4,6). The number of nitrogens with zero attached hydrogens (tertiary/aromatic N) is 2. The summed E-state index contributed by atoms with van der Waals surface area (Å²) >= 11 is 0. The number of carboxylic acids is 1. The number of benzene rings is 2. The zero-order valence-corrected chi connectivity index (χ0v) is 18.0. The number of ether oxygens (including phenoxy) is 1. The van der Waals surface area contributed by atoms with Gasteiger partial charge in [0.05, 0.1) is 16.7 Å². The van der Waals surface area contributed by atoms with Gasteiger partial charge >= 0.3 is 5.97 Å². The molecular weight excluding hydrogens is 418 g/mol. The van der Waals surface area contributed by atoms with E-state index in [9.17, 15) is 24.5 Å². The fraction of sp³-hybridized carbons (Fsp3) is 0.318. The van der Waals surface area contributed by atoms with Crippen molar-refractivity contribution in [2.75, 3.05) is 11.5 Å². The van der Waals surface area contributed by atoms with Crippen molar-refractivity contribution < 1.29 is 29.2 Å². The van der Waals surface area contributed by atoms with Gasteiger partial charge in [-0.05, 0) is 12.5 Å². The van der Waals surface area contributed by atoms with Crippen LogP contribution in [-0.2, 0) is 20.9 Å². The van der Waals surface area contributed by atoms with E-state index in [0.717, 1.165) is 23.7 Å². The van der Waals surface area contributed by atoms with Crippen molar-refractivity contribution >= 4 is 29.0 Å². The Balaban J connectivity index is 0.000000534. The van der Waals surface area contributed by atoms with Crippen molar-refractivity contribution in [3.8, 4) is 5.75 Å². The molecule has 2 unspecified atom stereocenters. The Morgan fingerprint density at radius 1 is 1.19 bits per heavy atom. The number of hydrogen-bond acceptors (Lipinski definition) is 7. The minimum Gasteiger partial charge on any atom is -0.481 e. The zero-order chi connectivity index (χ0) is 24.0. The maximum Gasteiger partial charge on any atom is 0.341 e. The Labute approximate surface area is 184 Å². The molecule has 2 atom stereocenters. The summed E-state index contributed by atoms with van der Waals surface area (Å²) < 4.78 is 5.39. The van der Waals surface area contributed by atoms with Crippen LogP contribution in [0.5, 0.6) is 5.75 Å². The number of nitrogens with two attached hydrogens (primary N) is 1. The topological polar surface area (TPSA) is 153 Å². The van der Waals surface area contributed by atoms with Crippen LogP contribution in [0.1, 0.15) is 37.8 Å². The first kappa shape index (κ1) is 24.3. The van der Waals surface area contributed by atoms with Gasteiger partial charge in [-0.15, -0.1) is 0 Å². The molecule has 0 saturated carbocycles. The monoisotopic (exact) mass is 443 g/mol. The highest BCUT2D eigenvalue weighted by Gasteiger charge is 2.37. The molecule has 2 aromatic carbocycles. The molecule has 32 heavy (non-hydrogen) atoms. The van der Waals surface area contributed by atoms with E-state index in [4.69, 9.17) is 9.84 Å². The van der Waals surface area contributed by atoms with Crippen molar-refractivity contribution in [1.29, 1.82) is 0 Å². The number of ketones is 1. The fourth-order valence-corrected chi connectivity index (χ4v) is 3.40. The van der Waals surface area contributed by atoms with E-state index in [1.54, 1.807) is 6.07 Å². The van der Waals surface area contributed by atoms with Crippen LogP contribution in [0.4, 0.5) is 11.4 Å². The van der Waals surface area contributed by atoms with Gasteiger partial charge in [0.25, 0.3) is 11.6 Å². The van der Waals surface area contributed by atoms with E-state index in [0.29, 0.717) is 6.54 Å². The molecule has 0 fully saturated rings. The summed E-state index contributed by atoms with van der Waals surface area (Å²) in [5.41, 5.74) is 6.98. The molecule has 10 heteroatoms. The van der Waals surface area contributed by atoms with Crippen molar-refractivity contribution in [2.24, 2.45) is 5.73 Å². The van der Waals surface area contributed by atoms with Gasteiger partial charge in [0.2, 0.25) is 5.78 Å². The molecule has 0 aromatic heterocycles. The second-order valence-corrected chi connectivity index (χ2v) is 7.38. The minimum absolute atomic E-state index is 0.0540. The van der Waals surface area contributed by atoms with Gasteiger partial charge in [-0.2, -0.15) is 0 Å². The summed E-state index contributed by atoms with van der Waals surface area (Å²) in [6.07, 6.45) is 0. The molecule has 0 spiro atoms. The van der Waals surface area contributed by atoms with Crippen LogP contribution >= 0.6 is 0 Å². The number of hydrogen-bond donors (Lipinski definition) is 2. The highest BCUT2D eigenvalue weighted by Crippen LogP contribution is 2.48. The van der Waals surface area contributed by atoms with Crippen LogP contribution in [0.25, 0.3) is 0 Å². The number of amides is 1. The number of carbonyl (C=O) groups excluding carboxylic acids is 2. The molecule has 0 bridgehead atoms. The lowest BCUT2D eigenvalue weighted by molar-refractivity contribution is -0.384. The molecule has 2 aromatic rings. The first-order valence-corrected chi connectivity index (χ1v) is 9.80. The van der Waals surface area contributed by atoms with Gasteiger partial charge in [0.15, 0.2) is 6.61 Å². The van der Waals surface area contributed by atoms with Crippen LogP contribution in [0.3, 0.4) is 0 Å². The predicted molar refractivity (Wildman–Crippen MR) is 117 cm³/mol. The molecular formula is C22H25N3O7. The van der Waals surface area contributed by atoms with E-state index in [1.165, 1.54) is 6.07 Å². The SMILES string of the molecule is CC(=O)C(N)=O.CC1c2c(OCC(=O)O)cc([N+](=O)[O-])cc2N(Cc2ccccc2)C1C. The van der Waals surface area contributed by atoms with Crippen LogP contribution in [0.2, 0.25) is 0 Å². The molecule has 10 nitrogen and oxygen atoms in total. The maximum atomic E-state index is 11.3. The number of carbonyl (C=O) groups is 3. The van der Waals surface area contributed by atoms with Gasteiger partial charge in [-0.25, -0.2) is 4.79 Å². The van der Waals surface area contributed by atoms with Crippen LogP contribution in [0, 0.1) is 10.1 Å². The first-order chi connectivity index (χ1) is 15.0. The predicted octanol–water partition coefficient (Wildman–Crippen LogP) is 2.63. The number of nitro groups is 1. The van der Waals surface area contributed by atoms with Gasteiger partial charge in [-0.3, -0.25) is 19.7 Å². The van der Waals surface area contributed by atoms with E-state index in [-0.39, 0.29) is 23.4 Å². The molecule has 0 saturated heterocycles. The lowest BCUT2D eigenvalue weighted by Gasteiger charge is -2.26. The third kappa shape index (κ3) is 5.81. The summed E-state index contributed by atoms with van der Waals surface area (Å²) in [4.78, 5) is 43.1. The Morgan fingerprint density at radius 3 is 2.28 bits per heavy atom. The highest BCUT2D eigenvalue weighted by atomic mass is 16.6. The Kier molecular flexibility index (Phi) is 7.89. The highest BCUT2D eigenvalue weighted by molar-refractivity contribution is 6.34. The average molecular weight is 443 g/mol. The summed E-state index contributed by atoms with van der Waals surface area (Å²) in [6.45, 7) is 5.28. The van der Waals surface area contributed by atoms with E-state index in [1.807, 2.05) is 37.3 Å². The lowest BCUT2D eigenvalue weighted by atomic mass is 9.97. The number of primary amides is 1. The normalized spacial score (nSPS) is 16.4. The largest absolute Gasteiger partial charge is 0.481 e. The van der Waals surface area contributed by atoms with Crippen LogP contribution in [0.15, 0.2) is 42.5 Å². The molecule has 3 N–H and O–H groups in total. The summed E-state index contributed by atoms with van der Waals surface area (Å²) in [6, 6.07) is 12.8. The second kappa shape index (κ2) is 10.4. The molecule has 1 amide bonds. The lowest BCUT2D eigenvalue weighted by Crippen LogP contribution is -2.30. The van der Waals surface area contributed by atoms with Crippen molar-refractivity contribution in [2.45, 2.75) is 39.3 Å². The van der Waals surface area contributed by atoms with Gasteiger partial charge in [-0.1, -0.05) is 37.3 Å². The number of fused-ring (bicyclic) bond motifs is 1. The van der Waals surface area contributed by atoms with Gasteiger partial charge < -0.3 is 20.5 Å². The molecule has 1 heterocycles. The summed E-state index contributed by atoms with van der Waals surface area (Å²) in [5, 5.41) is 20.2. The number of Topliss-reactive ketones (excluding diaryl/α,β-unsaturated/α-hetero) is 1. The Bertz CT molecular complexity index is 1010. The number of carboxylic acid groups (broad SMARTS) is 1. The third-order valence-electron chi connectivity index (χ3n) is 5.19. The van der Waals surface area contributed by atoms with Gasteiger partial charge in [0, 0.05) is 37.1 Å². The van der Waals surface area contributed by atoms with Crippen molar-refractivity contribution in [3.63, 3.8) is 0 Å². The second-order valence-electron chi connectivity index (χ2n) is 7.38. The van der Waals surface area contributed by atoms with Crippen molar-refractivity contribution in [1.82, 2.24) is 0 Å². The number of rotatable bonds is 7. The smallest absolute Gasteiger partial charge is 0.341 e. The summed E-state index contributed by atoms with van der Waals surface area (Å²) in [7, 11) is 0. The molecule has 0 radical (unpaired) electrons. The van der Waals surface area contributed by atoms with Crippen LogP contribution < -0.4 is 15.4 Å². The number of non-ortho nitro benzene ring substituents is 1. The minimum atomic E-state index is -1.12. The zero-order valence-electron chi connectivity index (χ0n) is 18.0. The van der Waals surface area contributed by atoms with E-state index in [2.05, 4.69) is 17.6 Å². The quantitative estimate of drug-likeness (QED) is 0.376. The van der Waals surface area contributed by atoms with Crippen molar-refractivity contribution in [3.05, 3.63) is 63.7 Å². The van der Waals surface area contributed by atoms with E-state index < -0.39 is 29.2 Å². The molecule has 170 valence electrons. The summed E-state index contributed by atoms with van der Waals surface area (Å²) in [5.74, 6) is -2.28. The number of nitro benzene ring substituents is 1. The number of aliphatic carboxylic acids is 1. The Morgan fingerprint density at radius 2 is 1.78 bits per heavy atom. The van der Waals surface area contributed by atoms with Gasteiger partial charge in [0.1, 0.15) is 5.75 Å². The molecule has 0 aliphatic carbocycles. The van der Waals surface area contributed by atoms with Crippen LogP contribution in [-0.4, -0.2) is 40.3 Å². The third-order valence-corrected chi connectivity index (χ3v) is 5.19. The average Bonchev–Trinajstić information content (AvgIpc) is 2.98. The number of anilines is 1. The molecule has 3 rings (SSSR count). The fourth-order valence-electron chi connectivity index (χ4n) is 3.40.